The maximum Gasteiger partial charge on any atom is 0.267 e. The fourth-order valence-electron chi connectivity index (χ4n) is 3.52. The average molecular weight is 359 g/mol. The quantitative estimate of drug-likeness (QED) is 0.722. The van der Waals surface area contributed by atoms with Gasteiger partial charge in [-0.05, 0) is 30.5 Å². The molecule has 0 fully saturated rings. The normalized spacial score (nSPS) is 14.5. The summed E-state index contributed by atoms with van der Waals surface area (Å²) < 4.78 is 1.30. The largest absolute Gasteiger partial charge is 0.336 e. The number of aromatic nitrogens is 2. The molecule has 5 nitrogen and oxygen atoms in total. The molecule has 5 heteroatoms. The van der Waals surface area contributed by atoms with Gasteiger partial charge in [0.15, 0.2) is 0 Å². The van der Waals surface area contributed by atoms with Gasteiger partial charge in [-0.15, -0.1) is 0 Å². The van der Waals surface area contributed by atoms with Crippen molar-refractivity contribution in [3.05, 3.63) is 88.2 Å². The molecule has 4 rings (SSSR count). The van der Waals surface area contributed by atoms with E-state index < -0.39 is 6.04 Å². The number of fused-ring (bicyclic) bond motifs is 1. The Labute approximate surface area is 157 Å². The van der Waals surface area contributed by atoms with Gasteiger partial charge in [0.25, 0.3) is 5.56 Å². The highest BCUT2D eigenvalue weighted by Crippen LogP contribution is 2.21. The average Bonchev–Trinajstić information content (AvgIpc) is 2.73. The zero-order chi connectivity index (χ0) is 18.8. The Morgan fingerprint density at radius 1 is 0.963 bits per heavy atom. The topological polar surface area (TPSA) is 55.2 Å². The van der Waals surface area contributed by atoms with Crippen LogP contribution in [-0.4, -0.2) is 27.1 Å². The van der Waals surface area contributed by atoms with Gasteiger partial charge in [0.2, 0.25) is 5.91 Å². The van der Waals surface area contributed by atoms with Gasteiger partial charge in [-0.25, -0.2) is 4.68 Å². The first kappa shape index (κ1) is 17.2. The second kappa shape index (κ2) is 7.19. The van der Waals surface area contributed by atoms with Gasteiger partial charge in [-0.1, -0.05) is 54.6 Å². The highest BCUT2D eigenvalue weighted by Gasteiger charge is 2.26. The molecule has 136 valence electrons. The Morgan fingerprint density at radius 2 is 1.67 bits per heavy atom. The van der Waals surface area contributed by atoms with E-state index in [0.717, 1.165) is 12.0 Å². The van der Waals surface area contributed by atoms with E-state index in [0.29, 0.717) is 18.8 Å². The summed E-state index contributed by atoms with van der Waals surface area (Å²) >= 11 is 0. The van der Waals surface area contributed by atoms with Crippen molar-refractivity contribution in [3.63, 3.8) is 0 Å². The van der Waals surface area contributed by atoms with E-state index in [1.165, 1.54) is 21.9 Å². The summed E-state index contributed by atoms with van der Waals surface area (Å²) in [7, 11) is 0. The maximum atomic E-state index is 13.0. The SMILES string of the molecule is CC(C(=O)N1CCc2ccccc2C1)n1nc(-c2ccccc2)ccc1=O. The van der Waals surface area contributed by atoms with E-state index in [2.05, 4.69) is 17.2 Å². The predicted octanol–water partition coefficient (Wildman–Crippen LogP) is 3.06. The molecule has 0 saturated heterocycles. The summed E-state index contributed by atoms with van der Waals surface area (Å²) in [5.41, 5.74) is 3.78. The van der Waals surface area contributed by atoms with Crippen LogP contribution in [0.25, 0.3) is 11.3 Å². The van der Waals surface area contributed by atoms with Gasteiger partial charge in [0, 0.05) is 24.7 Å². The molecule has 1 amide bonds. The van der Waals surface area contributed by atoms with Crippen LogP contribution in [0, 0.1) is 0 Å². The monoisotopic (exact) mass is 359 g/mol. The second-order valence-corrected chi connectivity index (χ2v) is 6.82. The van der Waals surface area contributed by atoms with Crippen molar-refractivity contribution in [1.29, 1.82) is 0 Å². The lowest BCUT2D eigenvalue weighted by Gasteiger charge is -2.31. The van der Waals surface area contributed by atoms with Crippen LogP contribution in [0.1, 0.15) is 24.1 Å². The summed E-state index contributed by atoms with van der Waals surface area (Å²) in [5.74, 6) is -0.0793. The Hall–Kier alpha value is -3.21. The zero-order valence-corrected chi connectivity index (χ0v) is 15.2. The smallest absolute Gasteiger partial charge is 0.267 e. The van der Waals surface area contributed by atoms with Crippen molar-refractivity contribution >= 4 is 5.91 Å². The summed E-state index contributed by atoms with van der Waals surface area (Å²) in [6, 6.07) is 20.4. The molecule has 1 atom stereocenters. The van der Waals surface area contributed by atoms with Crippen molar-refractivity contribution in [1.82, 2.24) is 14.7 Å². The molecule has 27 heavy (non-hydrogen) atoms. The molecule has 3 aromatic rings. The molecule has 0 bridgehead atoms. The van der Waals surface area contributed by atoms with Crippen LogP contribution in [0.3, 0.4) is 0 Å². The highest BCUT2D eigenvalue weighted by atomic mass is 16.2. The van der Waals surface area contributed by atoms with E-state index in [1.807, 2.05) is 47.4 Å². The number of amides is 1. The third kappa shape index (κ3) is 3.40. The van der Waals surface area contributed by atoms with Gasteiger partial charge < -0.3 is 4.90 Å². The first-order valence-electron chi connectivity index (χ1n) is 9.14. The molecule has 1 aliphatic rings. The van der Waals surface area contributed by atoms with Crippen molar-refractivity contribution in [2.45, 2.75) is 25.9 Å². The van der Waals surface area contributed by atoms with Crippen molar-refractivity contribution in [2.24, 2.45) is 0 Å². The number of hydrogen-bond donors (Lipinski definition) is 0. The summed E-state index contributed by atoms with van der Waals surface area (Å²) in [6.45, 7) is 2.98. The van der Waals surface area contributed by atoms with Gasteiger partial charge in [0.05, 0.1) is 5.69 Å². The van der Waals surface area contributed by atoms with Gasteiger partial charge in [0.1, 0.15) is 6.04 Å². The molecule has 1 unspecified atom stereocenters. The third-order valence-electron chi connectivity index (χ3n) is 5.06. The van der Waals surface area contributed by atoms with Crippen LogP contribution in [0.4, 0.5) is 0 Å². The van der Waals surface area contributed by atoms with Crippen molar-refractivity contribution in [3.8, 4) is 11.3 Å². The molecular weight excluding hydrogens is 338 g/mol. The van der Waals surface area contributed by atoms with Crippen LogP contribution in [0.2, 0.25) is 0 Å². The van der Waals surface area contributed by atoms with E-state index in [-0.39, 0.29) is 11.5 Å². The van der Waals surface area contributed by atoms with Crippen molar-refractivity contribution < 1.29 is 4.79 Å². The maximum absolute atomic E-state index is 13.0. The number of carbonyl (C=O) groups excluding carboxylic acids is 1. The molecule has 0 N–H and O–H groups in total. The number of rotatable bonds is 3. The molecule has 0 spiro atoms. The number of nitrogens with zero attached hydrogens (tertiary/aromatic N) is 3. The lowest BCUT2D eigenvalue weighted by atomic mass is 9.99. The Balaban J connectivity index is 1.60. The minimum absolute atomic E-state index is 0.0793. The fourth-order valence-corrected chi connectivity index (χ4v) is 3.52. The van der Waals surface area contributed by atoms with Crippen LogP contribution >= 0.6 is 0 Å². The number of hydrogen-bond acceptors (Lipinski definition) is 3. The van der Waals surface area contributed by atoms with Crippen LogP contribution in [0.15, 0.2) is 71.5 Å². The first-order valence-corrected chi connectivity index (χ1v) is 9.14. The van der Waals surface area contributed by atoms with E-state index in [4.69, 9.17) is 0 Å². The molecular formula is C22H21N3O2. The van der Waals surface area contributed by atoms with Crippen LogP contribution < -0.4 is 5.56 Å². The first-order chi connectivity index (χ1) is 13.1. The summed E-state index contributed by atoms with van der Waals surface area (Å²) in [4.78, 5) is 27.2. The standard InChI is InChI=1S/C22H21N3O2/c1-16(22(27)24-14-13-17-7-5-6-10-19(17)15-24)25-21(26)12-11-20(23-25)18-8-3-2-4-9-18/h2-12,16H,13-15H2,1H3. The molecule has 0 saturated carbocycles. The molecule has 1 aliphatic heterocycles. The second-order valence-electron chi connectivity index (χ2n) is 6.82. The van der Waals surface area contributed by atoms with Crippen molar-refractivity contribution in [2.75, 3.05) is 6.54 Å². The Morgan fingerprint density at radius 3 is 2.44 bits per heavy atom. The molecule has 2 heterocycles. The summed E-state index contributed by atoms with van der Waals surface area (Å²) in [5, 5.41) is 4.46. The summed E-state index contributed by atoms with van der Waals surface area (Å²) in [6.07, 6.45) is 0.834. The van der Waals surface area contributed by atoms with E-state index in [1.54, 1.807) is 13.0 Å². The minimum atomic E-state index is -0.647. The van der Waals surface area contributed by atoms with Crippen LogP contribution in [-0.2, 0) is 17.8 Å². The molecule has 2 aromatic carbocycles. The highest BCUT2D eigenvalue weighted by molar-refractivity contribution is 5.80. The fraction of sp³-hybridized carbons (Fsp3) is 0.227. The van der Waals surface area contributed by atoms with Gasteiger partial charge >= 0.3 is 0 Å². The molecule has 0 radical (unpaired) electrons. The lowest BCUT2D eigenvalue weighted by Crippen LogP contribution is -2.42. The lowest BCUT2D eigenvalue weighted by molar-refractivity contribution is -0.135. The molecule has 0 aliphatic carbocycles. The number of carbonyl (C=O) groups is 1. The Kier molecular flexibility index (Phi) is 4.59. The third-order valence-corrected chi connectivity index (χ3v) is 5.06. The number of benzene rings is 2. The van der Waals surface area contributed by atoms with E-state index >= 15 is 0 Å². The van der Waals surface area contributed by atoms with E-state index in [9.17, 15) is 9.59 Å². The van der Waals surface area contributed by atoms with Gasteiger partial charge in [-0.3, -0.25) is 9.59 Å². The van der Waals surface area contributed by atoms with Crippen LogP contribution in [0.5, 0.6) is 0 Å². The zero-order valence-electron chi connectivity index (χ0n) is 15.2. The Bertz CT molecular complexity index is 1030. The predicted molar refractivity (Wildman–Crippen MR) is 104 cm³/mol. The minimum Gasteiger partial charge on any atom is -0.336 e. The molecule has 1 aromatic heterocycles. The van der Waals surface area contributed by atoms with Gasteiger partial charge in [-0.2, -0.15) is 5.10 Å².